The molecule has 1 fully saturated rings. The molecule has 2 atom stereocenters. The predicted octanol–water partition coefficient (Wildman–Crippen LogP) is 4.00. The SMILES string of the molecule is CSC1CCCCC1NCc1ccc2cnccc2c1. The molecule has 0 saturated heterocycles. The minimum atomic E-state index is 0.673. The molecule has 1 aliphatic rings. The lowest BCUT2D eigenvalue weighted by molar-refractivity contribution is 0.383. The van der Waals surface area contributed by atoms with Gasteiger partial charge >= 0.3 is 0 Å². The van der Waals surface area contributed by atoms with E-state index >= 15 is 0 Å². The van der Waals surface area contributed by atoms with Crippen LogP contribution in [0.2, 0.25) is 0 Å². The van der Waals surface area contributed by atoms with E-state index in [1.807, 2.05) is 24.2 Å². The minimum absolute atomic E-state index is 0.673. The van der Waals surface area contributed by atoms with Crippen LogP contribution in [0.15, 0.2) is 36.7 Å². The van der Waals surface area contributed by atoms with Crippen LogP contribution in [0.3, 0.4) is 0 Å². The van der Waals surface area contributed by atoms with E-state index < -0.39 is 0 Å². The highest BCUT2D eigenvalue weighted by Crippen LogP contribution is 2.27. The molecule has 106 valence electrons. The quantitative estimate of drug-likeness (QED) is 0.919. The van der Waals surface area contributed by atoms with E-state index in [4.69, 9.17) is 0 Å². The summed E-state index contributed by atoms with van der Waals surface area (Å²) in [6, 6.07) is 9.43. The standard InChI is InChI=1S/C17H22N2S/c1-20-17-5-3-2-4-16(17)19-11-13-6-7-15-12-18-9-8-14(15)10-13/h6-10,12,16-17,19H,2-5,11H2,1H3. The van der Waals surface area contributed by atoms with Crippen molar-refractivity contribution in [2.75, 3.05) is 6.26 Å². The Morgan fingerprint density at radius 2 is 2.10 bits per heavy atom. The molecule has 2 aromatic rings. The average molecular weight is 286 g/mol. The summed E-state index contributed by atoms with van der Waals surface area (Å²) in [7, 11) is 0. The fourth-order valence-electron chi connectivity index (χ4n) is 3.10. The number of hydrogen-bond donors (Lipinski definition) is 1. The van der Waals surface area contributed by atoms with Gasteiger partial charge in [-0.3, -0.25) is 4.98 Å². The molecule has 3 rings (SSSR count). The molecule has 1 aromatic heterocycles. The van der Waals surface area contributed by atoms with Crippen LogP contribution in [-0.2, 0) is 6.54 Å². The van der Waals surface area contributed by atoms with E-state index in [9.17, 15) is 0 Å². The smallest absolute Gasteiger partial charge is 0.0346 e. The van der Waals surface area contributed by atoms with E-state index in [-0.39, 0.29) is 0 Å². The van der Waals surface area contributed by atoms with Crippen molar-refractivity contribution in [1.29, 1.82) is 0 Å². The van der Waals surface area contributed by atoms with E-state index in [0.717, 1.165) is 11.8 Å². The molecule has 1 aliphatic carbocycles. The van der Waals surface area contributed by atoms with Crippen LogP contribution in [0.1, 0.15) is 31.2 Å². The Bertz CT molecular complexity index is 570. The monoisotopic (exact) mass is 286 g/mol. The number of nitrogens with one attached hydrogen (secondary N) is 1. The first-order valence-corrected chi connectivity index (χ1v) is 8.74. The highest BCUT2D eigenvalue weighted by atomic mass is 32.2. The number of nitrogens with zero attached hydrogens (tertiary/aromatic N) is 1. The van der Waals surface area contributed by atoms with Gasteiger partial charge in [-0.1, -0.05) is 25.0 Å². The van der Waals surface area contributed by atoms with Crippen LogP contribution >= 0.6 is 11.8 Å². The molecular weight excluding hydrogens is 264 g/mol. The van der Waals surface area contributed by atoms with Crippen molar-refractivity contribution in [1.82, 2.24) is 10.3 Å². The molecule has 0 radical (unpaired) electrons. The van der Waals surface area contributed by atoms with Gasteiger partial charge in [-0.05, 0) is 42.2 Å². The van der Waals surface area contributed by atoms with Gasteiger partial charge in [-0.25, -0.2) is 0 Å². The van der Waals surface area contributed by atoms with Crippen molar-refractivity contribution in [3.63, 3.8) is 0 Å². The zero-order valence-corrected chi connectivity index (χ0v) is 12.8. The zero-order chi connectivity index (χ0) is 13.8. The molecule has 20 heavy (non-hydrogen) atoms. The lowest BCUT2D eigenvalue weighted by Crippen LogP contribution is -2.39. The number of pyridine rings is 1. The third-order valence-corrected chi connectivity index (χ3v) is 5.45. The summed E-state index contributed by atoms with van der Waals surface area (Å²) in [6.45, 7) is 0.972. The maximum atomic E-state index is 4.16. The Morgan fingerprint density at radius 3 is 3.00 bits per heavy atom. The summed E-state index contributed by atoms with van der Waals surface area (Å²) in [5.41, 5.74) is 1.37. The van der Waals surface area contributed by atoms with Gasteiger partial charge in [0.2, 0.25) is 0 Å². The Kier molecular flexibility index (Phi) is 4.58. The largest absolute Gasteiger partial charge is 0.309 e. The van der Waals surface area contributed by atoms with Gasteiger partial charge in [0.05, 0.1) is 0 Å². The molecule has 2 unspecified atom stereocenters. The Morgan fingerprint density at radius 1 is 1.20 bits per heavy atom. The number of rotatable bonds is 4. The van der Waals surface area contributed by atoms with Gasteiger partial charge < -0.3 is 5.32 Å². The molecule has 1 saturated carbocycles. The molecule has 2 nitrogen and oxygen atoms in total. The van der Waals surface area contributed by atoms with Gasteiger partial charge in [-0.2, -0.15) is 11.8 Å². The van der Waals surface area contributed by atoms with Crippen molar-refractivity contribution in [2.45, 2.75) is 43.5 Å². The van der Waals surface area contributed by atoms with Gasteiger partial charge in [0.25, 0.3) is 0 Å². The van der Waals surface area contributed by atoms with Gasteiger partial charge in [-0.15, -0.1) is 0 Å². The van der Waals surface area contributed by atoms with Crippen LogP contribution in [-0.4, -0.2) is 22.5 Å². The van der Waals surface area contributed by atoms with Crippen LogP contribution in [0.25, 0.3) is 10.8 Å². The normalized spacial score (nSPS) is 23.1. The van der Waals surface area contributed by atoms with Crippen molar-refractivity contribution < 1.29 is 0 Å². The molecule has 0 spiro atoms. The second kappa shape index (κ2) is 6.59. The Balaban J connectivity index is 1.67. The second-order valence-electron chi connectivity index (χ2n) is 5.60. The van der Waals surface area contributed by atoms with Crippen molar-refractivity contribution in [2.24, 2.45) is 0 Å². The summed E-state index contributed by atoms with van der Waals surface area (Å²) < 4.78 is 0. The molecule has 1 aromatic carbocycles. The van der Waals surface area contributed by atoms with Crippen molar-refractivity contribution in [3.05, 3.63) is 42.2 Å². The van der Waals surface area contributed by atoms with E-state index in [0.29, 0.717) is 6.04 Å². The maximum absolute atomic E-state index is 4.16. The number of benzene rings is 1. The average Bonchev–Trinajstić information content (AvgIpc) is 2.53. The minimum Gasteiger partial charge on any atom is -0.309 e. The molecule has 3 heteroatoms. The predicted molar refractivity (Wildman–Crippen MR) is 88.1 cm³/mol. The summed E-state index contributed by atoms with van der Waals surface area (Å²) in [6.07, 6.45) is 11.5. The third kappa shape index (κ3) is 3.15. The first-order valence-electron chi connectivity index (χ1n) is 7.45. The van der Waals surface area contributed by atoms with E-state index in [2.05, 4.69) is 40.8 Å². The molecule has 0 bridgehead atoms. The Hall–Kier alpha value is -1.06. The Labute approximate surface area is 125 Å². The molecule has 0 amide bonds. The number of fused-ring (bicyclic) bond motifs is 1. The first kappa shape index (κ1) is 13.9. The summed E-state index contributed by atoms with van der Waals surface area (Å²) in [5.74, 6) is 0. The first-order chi connectivity index (χ1) is 9.86. The highest BCUT2D eigenvalue weighted by Gasteiger charge is 2.23. The van der Waals surface area contributed by atoms with E-state index in [1.54, 1.807) is 0 Å². The highest BCUT2D eigenvalue weighted by molar-refractivity contribution is 7.99. The fraction of sp³-hybridized carbons (Fsp3) is 0.471. The molecule has 0 aliphatic heterocycles. The van der Waals surface area contributed by atoms with Crippen molar-refractivity contribution >= 4 is 22.5 Å². The molecule has 1 heterocycles. The summed E-state index contributed by atoms with van der Waals surface area (Å²) in [5, 5.41) is 7.05. The van der Waals surface area contributed by atoms with Crippen LogP contribution in [0.4, 0.5) is 0 Å². The molecular formula is C17H22N2S. The van der Waals surface area contributed by atoms with Gasteiger partial charge in [0.1, 0.15) is 0 Å². The van der Waals surface area contributed by atoms with Crippen LogP contribution < -0.4 is 5.32 Å². The maximum Gasteiger partial charge on any atom is 0.0346 e. The third-order valence-electron chi connectivity index (χ3n) is 4.28. The fourth-order valence-corrected chi connectivity index (χ4v) is 4.07. The summed E-state index contributed by atoms with van der Waals surface area (Å²) >= 11 is 2.02. The number of thioether (sulfide) groups is 1. The zero-order valence-electron chi connectivity index (χ0n) is 12.0. The topological polar surface area (TPSA) is 24.9 Å². The summed E-state index contributed by atoms with van der Waals surface area (Å²) in [4.78, 5) is 4.16. The van der Waals surface area contributed by atoms with Crippen LogP contribution in [0, 0.1) is 0 Å². The molecule has 1 N–H and O–H groups in total. The lowest BCUT2D eigenvalue weighted by Gasteiger charge is -2.31. The van der Waals surface area contributed by atoms with E-state index in [1.165, 1.54) is 42.0 Å². The number of aromatic nitrogens is 1. The number of hydrogen-bond acceptors (Lipinski definition) is 3. The van der Waals surface area contributed by atoms with Crippen molar-refractivity contribution in [3.8, 4) is 0 Å². The second-order valence-corrected chi connectivity index (χ2v) is 6.68. The van der Waals surface area contributed by atoms with Crippen LogP contribution in [0.5, 0.6) is 0 Å². The van der Waals surface area contributed by atoms with Gasteiger partial charge in [0, 0.05) is 35.6 Å². The lowest BCUT2D eigenvalue weighted by atomic mass is 9.94. The van der Waals surface area contributed by atoms with Gasteiger partial charge in [0.15, 0.2) is 0 Å².